The molecule has 0 aliphatic heterocycles. The number of nitrogens with zero attached hydrogens (tertiary/aromatic N) is 1. The fourth-order valence-electron chi connectivity index (χ4n) is 2.96. The first-order valence-electron chi connectivity index (χ1n) is 10.2. The third kappa shape index (κ3) is 6.58. The molecule has 0 spiro atoms. The highest BCUT2D eigenvalue weighted by Crippen LogP contribution is 2.38. The Kier molecular flexibility index (Phi) is 8.06. The highest BCUT2D eigenvalue weighted by Gasteiger charge is 2.15. The maximum atomic E-state index is 13.1. The number of anilines is 1. The lowest BCUT2D eigenvalue weighted by Crippen LogP contribution is -2.13. The van der Waals surface area contributed by atoms with Gasteiger partial charge in [-0.25, -0.2) is 4.39 Å². The van der Waals surface area contributed by atoms with Crippen LogP contribution in [0.5, 0.6) is 11.5 Å². The van der Waals surface area contributed by atoms with Crippen molar-refractivity contribution in [3.8, 4) is 17.6 Å². The van der Waals surface area contributed by atoms with E-state index in [1.165, 1.54) is 18.2 Å². The number of hydrogen-bond acceptors (Lipinski definition) is 4. The number of ether oxygens (including phenoxy) is 2. The van der Waals surface area contributed by atoms with Crippen LogP contribution in [0.2, 0.25) is 5.02 Å². The summed E-state index contributed by atoms with van der Waals surface area (Å²) in [6.07, 6.45) is 1.43. The molecular formula is C26H22ClFN2O3. The molecule has 5 nitrogen and oxygen atoms in total. The normalized spacial score (nSPS) is 10.9. The largest absolute Gasteiger partial charge is 0.490 e. The van der Waals surface area contributed by atoms with Gasteiger partial charge in [0, 0.05) is 5.69 Å². The summed E-state index contributed by atoms with van der Waals surface area (Å²) in [6.45, 7) is 4.28. The molecule has 0 saturated carbocycles. The van der Waals surface area contributed by atoms with Crippen LogP contribution < -0.4 is 14.8 Å². The Morgan fingerprint density at radius 1 is 1.12 bits per heavy atom. The first kappa shape index (κ1) is 23.8. The summed E-state index contributed by atoms with van der Waals surface area (Å²) in [4.78, 5) is 12.6. The second-order valence-corrected chi connectivity index (χ2v) is 7.58. The van der Waals surface area contributed by atoms with Gasteiger partial charge in [0.2, 0.25) is 0 Å². The van der Waals surface area contributed by atoms with Crippen molar-refractivity contribution in [2.75, 3.05) is 11.9 Å². The van der Waals surface area contributed by atoms with E-state index in [1.54, 1.807) is 36.4 Å². The molecule has 0 heterocycles. The van der Waals surface area contributed by atoms with Crippen LogP contribution in [0.1, 0.15) is 23.6 Å². The van der Waals surface area contributed by atoms with E-state index >= 15 is 0 Å². The summed E-state index contributed by atoms with van der Waals surface area (Å²) in [5.74, 6) is -0.174. The van der Waals surface area contributed by atoms with Gasteiger partial charge < -0.3 is 14.8 Å². The number of nitriles is 1. The van der Waals surface area contributed by atoms with Crippen LogP contribution in [0.3, 0.4) is 0 Å². The Balaban J connectivity index is 1.83. The van der Waals surface area contributed by atoms with Crippen molar-refractivity contribution in [3.05, 3.63) is 93.8 Å². The molecule has 3 aromatic rings. The molecule has 7 heteroatoms. The molecule has 0 unspecified atom stereocenters. The molecular weight excluding hydrogens is 443 g/mol. The van der Waals surface area contributed by atoms with Gasteiger partial charge in [-0.15, -0.1) is 0 Å². The first-order valence-corrected chi connectivity index (χ1v) is 10.6. The summed E-state index contributed by atoms with van der Waals surface area (Å²) in [5, 5.41) is 12.5. The number of hydrogen-bond donors (Lipinski definition) is 1. The second kappa shape index (κ2) is 11.2. The Bertz CT molecular complexity index is 1200. The third-order valence-electron chi connectivity index (χ3n) is 4.61. The van der Waals surface area contributed by atoms with Gasteiger partial charge in [0.25, 0.3) is 5.91 Å². The minimum absolute atomic E-state index is 0.0888. The summed E-state index contributed by atoms with van der Waals surface area (Å²) < 4.78 is 24.6. The van der Waals surface area contributed by atoms with Crippen molar-refractivity contribution in [2.45, 2.75) is 20.5 Å². The molecule has 0 bridgehead atoms. The van der Waals surface area contributed by atoms with Gasteiger partial charge in [-0.3, -0.25) is 4.79 Å². The average molecular weight is 465 g/mol. The summed E-state index contributed by atoms with van der Waals surface area (Å²) in [6, 6.07) is 18.3. The number of nitrogens with one attached hydrogen (secondary N) is 1. The molecule has 0 aliphatic carbocycles. The third-order valence-corrected chi connectivity index (χ3v) is 4.89. The van der Waals surface area contributed by atoms with Gasteiger partial charge in [-0.1, -0.05) is 41.4 Å². The monoisotopic (exact) mass is 464 g/mol. The Morgan fingerprint density at radius 3 is 2.45 bits per heavy atom. The Hall–Kier alpha value is -3.82. The van der Waals surface area contributed by atoms with E-state index in [2.05, 4.69) is 5.32 Å². The first-order chi connectivity index (χ1) is 15.9. The van der Waals surface area contributed by atoms with Crippen molar-refractivity contribution in [2.24, 2.45) is 0 Å². The maximum Gasteiger partial charge on any atom is 0.266 e. The minimum Gasteiger partial charge on any atom is -0.490 e. The zero-order valence-electron chi connectivity index (χ0n) is 18.2. The zero-order valence-corrected chi connectivity index (χ0v) is 18.9. The molecule has 33 heavy (non-hydrogen) atoms. The van der Waals surface area contributed by atoms with Gasteiger partial charge in [0.15, 0.2) is 11.5 Å². The van der Waals surface area contributed by atoms with E-state index < -0.39 is 5.91 Å². The van der Waals surface area contributed by atoms with E-state index in [0.29, 0.717) is 29.4 Å². The van der Waals surface area contributed by atoms with Crippen LogP contribution in [-0.2, 0) is 11.4 Å². The quantitative estimate of drug-likeness (QED) is 0.313. The highest BCUT2D eigenvalue weighted by atomic mass is 35.5. The standard InChI is InChI=1S/C26H22ClFN2O3/c1-3-32-24-14-19(12-20(15-29)26(31)30-22-10-4-17(2)5-11-22)13-23(27)25(24)33-16-18-6-8-21(28)9-7-18/h4-14H,3,16H2,1-2H3,(H,30,31)/b20-12+. The van der Waals surface area contributed by atoms with Crippen molar-refractivity contribution >= 4 is 29.3 Å². The number of carbonyl (C=O) groups is 1. The van der Waals surface area contributed by atoms with Crippen LogP contribution in [0.15, 0.2) is 66.2 Å². The van der Waals surface area contributed by atoms with E-state index in [9.17, 15) is 14.4 Å². The molecule has 3 aromatic carbocycles. The van der Waals surface area contributed by atoms with Gasteiger partial charge in [-0.05, 0) is 67.4 Å². The predicted molar refractivity (Wildman–Crippen MR) is 127 cm³/mol. The molecule has 0 saturated heterocycles. The Labute approximate surface area is 197 Å². The van der Waals surface area contributed by atoms with E-state index in [-0.39, 0.29) is 23.0 Å². The fraction of sp³-hybridized carbons (Fsp3) is 0.154. The smallest absolute Gasteiger partial charge is 0.266 e. The molecule has 1 N–H and O–H groups in total. The van der Waals surface area contributed by atoms with Gasteiger partial charge in [0.1, 0.15) is 24.1 Å². The van der Waals surface area contributed by atoms with Crippen molar-refractivity contribution < 1.29 is 18.7 Å². The molecule has 0 radical (unpaired) electrons. The molecule has 0 atom stereocenters. The number of benzene rings is 3. The van der Waals surface area contributed by atoms with Crippen LogP contribution in [-0.4, -0.2) is 12.5 Å². The number of aryl methyl sites for hydroxylation is 1. The van der Waals surface area contributed by atoms with Crippen molar-refractivity contribution in [1.82, 2.24) is 0 Å². The zero-order chi connectivity index (χ0) is 23.8. The average Bonchev–Trinajstić information content (AvgIpc) is 2.79. The van der Waals surface area contributed by atoms with Crippen molar-refractivity contribution in [3.63, 3.8) is 0 Å². The lowest BCUT2D eigenvalue weighted by atomic mass is 10.1. The molecule has 0 aliphatic rings. The van der Waals surface area contributed by atoms with Gasteiger partial charge >= 0.3 is 0 Å². The van der Waals surface area contributed by atoms with Crippen LogP contribution in [0.4, 0.5) is 10.1 Å². The summed E-state index contributed by atoms with van der Waals surface area (Å²) >= 11 is 6.43. The van der Waals surface area contributed by atoms with Gasteiger partial charge in [-0.2, -0.15) is 5.26 Å². The maximum absolute atomic E-state index is 13.1. The molecule has 3 rings (SSSR count). The molecule has 0 fully saturated rings. The van der Waals surface area contributed by atoms with E-state index in [1.807, 2.05) is 32.0 Å². The van der Waals surface area contributed by atoms with Crippen molar-refractivity contribution in [1.29, 1.82) is 5.26 Å². The van der Waals surface area contributed by atoms with Gasteiger partial charge in [0.05, 0.1) is 11.6 Å². The van der Waals surface area contributed by atoms with Crippen LogP contribution in [0, 0.1) is 24.1 Å². The second-order valence-electron chi connectivity index (χ2n) is 7.17. The number of rotatable bonds is 8. The summed E-state index contributed by atoms with van der Waals surface area (Å²) in [5.41, 5.74) is 2.83. The summed E-state index contributed by atoms with van der Waals surface area (Å²) in [7, 11) is 0. The Morgan fingerprint density at radius 2 is 1.82 bits per heavy atom. The highest BCUT2D eigenvalue weighted by molar-refractivity contribution is 6.32. The topological polar surface area (TPSA) is 71.3 Å². The lowest BCUT2D eigenvalue weighted by Gasteiger charge is -2.15. The molecule has 0 aromatic heterocycles. The van der Waals surface area contributed by atoms with E-state index in [4.69, 9.17) is 21.1 Å². The van der Waals surface area contributed by atoms with E-state index in [0.717, 1.165) is 11.1 Å². The predicted octanol–water partition coefficient (Wildman–Crippen LogP) is 6.31. The molecule has 168 valence electrons. The van der Waals surface area contributed by atoms with Crippen LogP contribution >= 0.6 is 11.6 Å². The lowest BCUT2D eigenvalue weighted by molar-refractivity contribution is -0.112. The number of amides is 1. The molecule has 1 amide bonds. The number of carbonyl (C=O) groups excluding carboxylic acids is 1. The SMILES string of the molecule is CCOc1cc(/C=C(\C#N)C(=O)Nc2ccc(C)cc2)cc(Cl)c1OCc1ccc(F)cc1. The number of halogens is 2. The fourth-order valence-corrected chi connectivity index (χ4v) is 3.23. The minimum atomic E-state index is -0.535. The van der Waals surface area contributed by atoms with Crippen LogP contribution in [0.25, 0.3) is 6.08 Å².